The summed E-state index contributed by atoms with van der Waals surface area (Å²) in [5.74, 6) is -0.921. The first-order valence-corrected chi connectivity index (χ1v) is 4.47. The third-order valence-corrected chi connectivity index (χ3v) is 2.10. The molecule has 0 radical (unpaired) electrons. The number of halogens is 1. The standard InChI is InChI=1S/C7H9BrN2O3/c8-5-4-10(1-2-11)9-6(5)3-7(12)13/h4,11H,1-3H2,(H,12,13). The summed E-state index contributed by atoms with van der Waals surface area (Å²) in [4.78, 5) is 10.4. The van der Waals surface area contributed by atoms with Crippen molar-refractivity contribution in [2.45, 2.75) is 13.0 Å². The third-order valence-electron chi connectivity index (χ3n) is 1.43. The molecule has 6 heteroatoms. The summed E-state index contributed by atoms with van der Waals surface area (Å²) in [6, 6.07) is 0. The van der Waals surface area contributed by atoms with Gasteiger partial charge in [0.1, 0.15) is 0 Å². The molecule has 0 saturated carbocycles. The molecule has 1 aromatic heterocycles. The van der Waals surface area contributed by atoms with Gasteiger partial charge in [0.15, 0.2) is 0 Å². The van der Waals surface area contributed by atoms with E-state index in [4.69, 9.17) is 10.2 Å². The maximum atomic E-state index is 10.4. The van der Waals surface area contributed by atoms with Gasteiger partial charge >= 0.3 is 5.97 Å². The Morgan fingerprint density at radius 2 is 2.38 bits per heavy atom. The smallest absolute Gasteiger partial charge is 0.309 e. The number of aliphatic hydroxyl groups is 1. The predicted octanol–water partition coefficient (Wildman–Crippen LogP) is 0.265. The number of aliphatic hydroxyl groups excluding tert-OH is 1. The van der Waals surface area contributed by atoms with E-state index in [9.17, 15) is 4.79 Å². The van der Waals surface area contributed by atoms with Crippen molar-refractivity contribution < 1.29 is 15.0 Å². The van der Waals surface area contributed by atoms with Crippen LogP contribution in [0.4, 0.5) is 0 Å². The first-order chi connectivity index (χ1) is 6.13. The van der Waals surface area contributed by atoms with Crippen LogP contribution in [0.2, 0.25) is 0 Å². The zero-order valence-electron chi connectivity index (χ0n) is 6.77. The SMILES string of the molecule is O=C(O)Cc1nn(CCO)cc1Br. The highest BCUT2D eigenvalue weighted by Crippen LogP contribution is 2.15. The van der Waals surface area contributed by atoms with Crippen molar-refractivity contribution in [3.05, 3.63) is 16.4 Å². The number of hydrogen-bond donors (Lipinski definition) is 2. The van der Waals surface area contributed by atoms with Crippen LogP contribution in [0.15, 0.2) is 10.7 Å². The van der Waals surface area contributed by atoms with Gasteiger partial charge in [0, 0.05) is 6.20 Å². The molecule has 0 spiro atoms. The number of nitrogens with zero attached hydrogens (tertiary/aromatic N) is 2. The van der Waals surface area contributed by atoms with Crippen LogP contribution in [-0.4, -0.2) is 32.6 Å². The highest BCUT2D eigenvalue weighted by molar-refractivity contribution is 9.10. The van der Waals surface area contributed by atoms with Crippen LogP contribution in [0.1, 0.15) is 5.69 Å². The minimum Gasteiger partial charge on any atom is -0.481 e. The molecule has 0 aliphatic carbocycles. The average Bonchev–Trinajstić information content (AvgIpc) is 2.31. The van der Waals surface area contributed by atoms with Gasteiger partial charge in [-0.05, 0) is 15.9 Å². The summed E-state index contributed by atoms with van der Waals surface area (Å²) in [7, 11) is 0. The van der Waals surface area contributed by atoms with E-state index in [1.54, 1.807) is 6.20 Å². The predicted molar refractivity (Wildman–Crippen MR) is 48.4 cm³/mol. The molecule has 5 nitrogen and oxygen atoms in total. The van der Waals surface area contributed by atoms with E-state index in [0.717, 1.165) is 0 Å². The Labute approximate surface area is 83.1 Å². The Kier molecular flexibility index (Phi) is 3.44. The Morgan fingerprint density at radius 3 is 2.92 bits per heavy atom. The zero-order valence-corrected chi connectivity index (χ0v) is 8.36. The van der Waals surface area contributed by atoms with Crippen molar-refractivity contribution in [2.75, 3.05) is 6.61 Å². The number of aliphatic carboxylic acids is 1. The molecule has 1 heterocycles. The van der Waals surface area contributed by atoms with Crippen LogP contribution in [0.5, 0.6) is 0 Å². The molecular formula is C7H9BrN2O3. The van der Waals surface area contributed by atoms with E-state index in [1.165, 1.54) is 4.68 Å². The second-order valence-electron chi connectivity index (χ2n) is 2.48. The van der Waals surface area contributed by atoms with Crippen molar-refractivity contribution in [3.63, 3.8) is 0 Å². The third kappa shape index (κ3) is 2.82. The van der Waals surface area contributed by atoms with E-state index in [2.05, 4.69) is 21.0 Å². The zero-order chi connectivity index (χ0) is 9.84. The van der Waals surface area contributed by atoms with Crippen molar-refractivity contribution >= 4 is 21.9 Å². The van der Waals surface area contributed by atoms with Crippen LogP contribution < -0.4 is 0 Å². The maximum Gasteiger partial charge on any atom is 0.309 e. The highest BCUT2D eigenvalue weighted by Gasteiger charge is 2.09. The lowest BCUT2D eigenvalue weighted by atomic mass is 10.3. The molecule has 0 aliphatic rings. The lowest BCUT2D eigenvalue weighted by Gasteiger charge is -1.94. The minimum absolute atomic E-state index is 0.0133. The molecule has 1 rings (SSSR count). The summed E-state index contributed by atoms with van der Waals surface area (Å²) >= 11 is 3.19. The van der Waals surface area contributed by atoms with Crippen LogP contribution in [0.3, 0.4) is 0 Å². The van der Waals surface area contributed by atoms with Gasteiger partial charge < -0.3 is 10.2 Å². The van der Waals surface area contributed by atoms with Crippen molar-refractivity contribution in [3.8, 4) is 0 Å². The molecule has 1 aromatic rings. The van der Waals surface area contributed by atoms with Gasteiger partial charge in [-0.1, -0.05) is 0 Å². The Bertz CT molecular complexity index is 311. The summed E-state index contributed by atoms with van der Waals surface area (Å²) < 4.78 is 2.16. The summed E-state index contributed by atoms with van der Waals surface area (Å²) in [6.07, 6.45) is 1.54. The monoisotopic (exact) mass is 248 g/mol. The molecule has 13 heavy (non-hydrogen) atoms. The van der Waals surface area contributed by atoms with Gasteiger partial charge in [-0.2, -0.15) is 5.10 Å². The fourth-order valence-electron chi connectivity index (χ4n) is 0.917. The molecule has 0 saturated heterocycles. The van der Waals surface area contributed by atoms with Gasteiger partial charge in [0.05, 0.1) is 29.7 Å². The Hall–Kier alpha value is -0.880. The van der Waals surface area contributed by atoms with Crippen LogP contribution >= 0.6 is 15.9 Å². The Morgan fingerprint density at radius 1 is 1.69 bits per heavy atom. The average molecular weight is 249 g/mol. The molecule has 0 atom stereocenters. The number of carboxylic acid groups (broad SMARTS) is 1. The topological polar surface area (TPSA) is 75.3 Å². The highest BCUT2D eigenvalue weighted by atomic mass is 79.9. The van der Waals surface area contributed by atoms with Crippen LogP contribution in [-0.2, 0) is 17.8 Å². The fraction of sp³-hybridized carbons (Fsp3) is 0.429. The fourth-order valence-corrected chi connectivity index (χ4v) is 1.37. The molecule has 0 fully saturated rings. The van der Waals surface area contributed by atoms with Gasteiger partial charge in [-0.15, -0.1) is 0 Å². The number of hydrogen-bond acceptors (Lipinski definition) is 3. The molecule has 0 aliphatic heterocycles. The number of carbonyl (C=O) groups is 1. The number of aromatic nitrogens is 2. The first kappa shape index (κ1) is 10.2. The Balaban J connectivity index is 2.77. The van der Waals surface area contributed by atoms with E-state index in [1.807, 2.05) is 0 Å². The lowest BCUT2D eigenvalue weighted by Crippen LogP contribution is -2.05. The molecule has 2 N–H and O–H groups in total. The number of carboxylic acids is 1. The minimum atomic E-state index is -0.921. The van der Waals surface area contributed by atoms with Gasteiger partial charge in [0.25, 0.3) is 0 Å². The van der Waals surface area contributed by atoms with E-state index in [-0.39, 0.29) is 13.0 Å². The molecule has 0 unspecified atom stereocenters. The second kappa shape index (κ2) is 4.38. The molecule has 72 valence electrons. The second-order valence-corrected chi connectivity index (χ2v) is 3.34. The van der Waals surface area contributed by atoms with E-state index in [0.29, 0.717) is 16.7 Å². The van der Waals surface area contributed by atoms with Gasteiger partial charge in [-0.25, -0.2) is 0 Å². The first-order valence-electron chi connectivity index (χ1n) is 3.68. The van der Waals surface area contributed by atoms with Crippen molar-refractivity contribution in [1.29, 1.82) is 0 Å². The molecule has 0 bridgehead atoms. The quantitative estimate of drug-likeness (QED) is 0.802. The van der Waals surface area contributed by atoms with Crippen LogP contribution in [0, 0.1) is 0 Å². The van der Waals surface area contributed by atoms with Crippen molar-refractivity contribution in [1.82, 2.24) is 9.78 Å². The summed E-state index contributed by atoms with van der Waals surface area (Å²) in [6.45, 7) is 0.360. The van der Waals surface area contributed by atoms with E-state index < -0.39 is 5.97 Å². The van der Waals surface area contributed by atoms with E-state index >= 15 is 0 Å². The molecule has 0 aromatic carbocycles. The largest absolute Gasteiger partial charge is 0.481 e. The number of rotatable bonds is 4. The van der Waals surface area contributed by atoms with Crippen molar-refractivity contribution in [2.24, 2.45) is 0 Å². The molecule has 0 amide bonds. The normalized spacial score (nSPS) is 10.3. The summed E-state index contributed by atoms with van der Waals surface area (Å²) in [5, 5.41) is 21.1. The van der Waals surface area contributed by atoms with Crippen LogP contribution in [0.25, 0.3) is 0 Å². The maximum absolute atomic E-state index is 10.4. The molecular weight excluding hydrogens is 240 g/mol. The van der Waals surface area contributed by atoms with Gasteiger partial charge in [-0.3, -0.25) is 9.48 Å². The lowest BCUT2D eigenvalue weighted by molar-refractivity contribution is -0.136. The summed E-state index contributed by atoms with van der Waals surface area (Å²) in [5.41, 5.74) is 0.473. The van der Waals surface area contributed by atoms with Gasteiger partial charge in [0.2, 0.25) is 0 Å².